The van der Waals surface area contributed by atoms with Crippen molar-refractivity contribution in [1.82, 2.24) is 14.9 Å². The van der Waals surface area contributed by atoms with Gasteiger partial charge < -0.3 is 5.32 Å². The number of terminal acetylenes is 1. The van der Waals surface area contributed by atoms with Crippen LogP contribution in [0.3, 0.4) is 0 Å². The average Bonchev–Trinajstić information content (AvgIpc) is 3.14. The first-order chi connectivity index (χ1) is 14.8. The highest BCUT2D eigenvalue weighted by atomic mass is 16.1. The quantitative estimate of drug-likeness (QED) is 0.276. The van der Waals surface area contributed by atoms with E-state index in [1.54, 1.807) is 18.4 Å². The van der Waals surface area contributed by atoms with Crippen molar-refractivity contribution in [2.75, 3.05) is 0 Å². The Morgan fingerprint density at radius 2 is 2.03 bits per heavy atom. The van der Waals surface area contributed by atoms with E-state index in [-0.39, 0.29) is 23.2 Å². The molecule has 0 aliphatic rings. The van der Waals surface area contributed by atoms with Crippen molar-refractivity contribution in [3.63, 3.8) is 0 Å². The molecule has 0 bridgehead atoms. The lowest BCUT2D eigenvalue weighted by Gasteiger charge is -2.19. The van der Waals surface area contributed by atoms with Crippen LogP contribution < -0.4 is 5.32 Å². The first kappa shape index (κ1) is 23.4. The van der Waals surface area contributed by atoms with Crippen LogP contribution in [0.15, 0.2) is 54.2 Å². The molecule has 2 rings (SSSR count). The van der Waals surface area contributed by atoms with Gasteiger partial charge in [0.05, 0.1) is 23.5 Å². The summed E-state index contributed by atoms with van der Waals surface area (Å²) in [6, 6.07) is 9.45. The molecule has 158 valence electrons. The molecule has 2 aromatic rings. The van der Waals surface area contributed by atoms with Gasteiger partial charge >= 0.3 is 0 Å². The number of amides is 1. The molecule has 31 heavy (non-hydrogen) atoms. The van der Waals surface area contributed by atoms with Crippen molar-refractivity contribution >= 4 is 23.1 Å². The third-order valence-electron chi connectivity index (χ3n) is 4.92. The van der Waals surface area contributed by atoms with Gasteiger partial charge in [0, 0.05) is 5.56 Å². The molecule has 1 atom stereocenters. The Kier molecular flexibility index (Phi) is 8.11. The molecule has 6 heteroatoms. The van der Waals surface area contributed by atoms with E-state index in [2.05, 4.69) is 41.3 Å². The molecule has 0 aliphatic carbocycles. The van der Waals surface area contributed by atoms with Gasteiger partial charge in [0.1, 0.15) is 17.6 Å². The van der Waals surface area contributed by atoms with E-state index in [1.807, 2.05) is 30.3 Å². The Labute approximate surface area is 184 Å². The second-order valence-corrected chi connectivity index (χ2v) is 7.17. The van der Waals surface area contributed by atoms with Gasteiger partial charge in [-0.25, -0.2) is 9.98 Å². The van der Waals surface area contributed by atoms with Gasteiger partial charge in [0.25, 0.3) is 5.91 Å². The van der Waals surface area contributed by atoms with Gasteiger partial charge in [-0.15, -0.1) is 6.42 Å². The summed E-state index contributed by atoms with van der Waals surface area (Å²) in [6.07, 6.45) is 9.78. The number of imidazole rings is 1. The summed E-state index contributed by atoms with van der Waals surface area (Å²) >= 11 is 0. The van der Waals surface area contributed by atoms with Crippen LogP contribution in [-0.2, 0) is 4.79 Å². The molecule has 0 saturated carbocycles. The van der Waals surface area contributed by atoms with Crippen molar-refractivity contribution < 1.29 is 4.79 Å². The van der Waals surface area contributed by atoms with Crippen LogP contribution in [0.4, 0.5) is 5.82 Å². The number of aliphatic imine (C=N–C) groups is 1. The first-order valence-electron chi connectivity index (χ1n) is 10.1. The number of aryl methyl sites for hydroxylation is 1. The fourth-order valence-corrected chi connectivity index (χ4v) is 3.07. The number of nitrogens with zero attached hydrogens (tertiary/aromatic N) is 4. The molecule has 1 aromatic heterocycles. The Morgan fingerprint density at radius 3 is 2.61 bits per heavy atom. The molecule has 1 heterocycles. The zero-order valence-electron chi connectivity index (χ0n) is 18.3. The van der Waals surface area contributed by atoms with Crippen LogP contribution in [0.5, 0.6) is 0 Å². The Morgan fingerprint density at radius 1 is 1.35 bits per heavy atom. The molecular formula is C25H27N5O. The molecule has 0 radical (unpaired) electrons. The van der Waals surface area contributed by atoms with Gasteiger partial charge in [0.2, 0.25) is 0 Å². The Hall–Kier alpha value is -3.90. The number of carbonyl (C=O) groups is 1. The summed E-state index contributed by atoms with van der Waals surface area (Å²) in [7, 11) is 0. The number of hydrogen-bond donors (Lipinski definition) is 1. The standard InChI is InChI=1S/C25H27N5O/c1-7-9-10-23(22-13-11-21(8-2)12-14-22)29-25(31)18(4)28-24-16-27-20(6)30(24)19(5)17(3)15-26/h2,11-14,16,23H,3,5,7,9-10H2,1,4,6H3,(H,29,31)/b28-18+/t23-/m0/s1. The molecule has 6 nitrogen and oxygen atoms in total. The van der Waals surface area contributed by atoms with Crippen molar-refractivity contribution in [2.24, 2.45) is 4.99 Å². The number of carbonyl (C=O) groups excluding carboxylic acids is 1. The van der Waals surface area contributed by atoms with Crippen LogP contribution in [0.2, 0.25) is 0 Å². The summed E-state index contributed by atoms with van der Waals surface area (Å²) in [5, 5.41) is 12.2. The van der Waals surface area contributed by atoms with Crippen LogP contribution in [0.1, 0.15) is 56.1 Å². The summed E-state index contributed by atoms with van der Waals surface area (Å²) in [5.41, 5.74) is 2.64. The van der Waals surface area contributed by atoms with Crippen LogP contribution in [0, 0.1) is 30.6 Å². The molecule has 0 spiro atoms. The topological polar surface area (TPSA) is 83.1 Å². The summed E-state index contributed by atoms with van der Waals surface area (Å²) in [5.74, 6) is 3.33. The maximum absolute atomic E-state index is 12.9. The lowest BCUT2D eigenvalue weighted by molar-refractivity contribution is -0.115. The van der Waals surface area contributed by atoms with Gasteiger partial charge in [0.15, 0.2) is 5.82 Å². The van der Waals surface area contributed by atoms with Gasteiger partial charge in [-0.05, 0) is 38.0 Å². The molecule has 0 unspecified atom stereocenters. The molecule has 0 fully saturated rings. The number of allylic oxidation sites excluding steroid dienone is 2. The van der Waals surface area contributed by atoms with Crippen LogP contribution in [0.25, 0.3) is 5.70 Å². The van der Waals surface area contributed by atoms with Crippen LogP contribution >= 0.6 is 0 Å². The fourth-order valence-electron chi connectivity index (χ4n) is 3.07. The maximum atomic E-state index is 12.9. The average molecular weight is 414 g/mol. The molecule has 0 aliphatic heterocycles. The molecule has 1 amide bonds. The SMILES string of the molecule is C#Cc1ccc([C@H](CCCC)NC(=O)/C(C)=N/c2cnc(C)n2C(=C)C(=C)C#N)cc1. The third-order valence-corrected chi connectivity index (χ3v) is 4.92. The predicted octanol–water partition coefficient (Wildman–Crippen LogP) is 4.86. The minimum atomic E-state index is -0.280. The molecule has 0 saturated heterocycles. The van der Waals surface area contributed by atoms with Gasteiger partial charge in [-0.1, -0.05) is 51.0 Å². The highest BCUT2D eigenvalue weighted by Gasteiger charge is 2.18. The zero-order chi connectivity index (χ0) is 23.0. The first-order valence-corrected chi connectivity index (χ1v) is 10.1. The highest BCUT2D eigenvalue weighted by molar-refractivity contribution is 6.38. The number of nitrogens with one attached hydrogen (secondary N) is 1. The zero-order valence-corrected chi connectivity index (χ0v) is 18.3. The fraction of sp³-hybridized carbons (Fsp3) is 0.280. The molecule has 1 N–H and O–H groups in total. The van der Waals surface area contributed by atoms with E-state index in [0.29, 0.717) is 17.3 Å². The van der Waals surface area contributed by atoms with Crippen molar-refractivity contribution in [1.29, 1.82) is 5.26 Å². The number of nitriles is 1. The largest absolute Gasteiger partial charge is 0.344 e. The number of rotatable bonds is 9. The van der Waals surface area contributed by atoms with E-state index in [4.69, 9.17) is 11.7 Å². The van der Waals surface area contributed by atoms with Crippen molar-refractivity contribution in [2.45, 2.75) is 46.1 Å². The second-order valence-electron chi connectivity index (χ2n) is 7.17. The third kappa shape index (κ3) is 5.81. The highest BCUT2D eigenvalue weighted by Crippen LogP contribution is 2.24. The normalized spacial score (nSPS) is 11.8. The van der Waals surface area contributed by atoms with E-state index in [9.17, 15) is 4.79 Å². The maximum Gasteiger partial charge on any atom is 0.265 e. The predicted molar refractivity (Wildman–Crippen MR) is 125 cm³/mol. The van der Waals surface area contributed by atoms with Crippen LogP contribution in [-0.4, -0.2) is 21.2 Å². The smallest absolute Gasteiger partial charge is 0.265 e. The summed E-state index contributed by atoms with van der Waals surface area (Å²) in [4.78, 5) is 21.6. The number of unbranched alkanes of at least 4 members (excludes halogenated alkanes) is 1. The minimum Gasteiger partial charge on any atom is -0.344 e. The van der Waals surface area contributed by atoms with Gasteiger partial charge in [-0.2, -0.15) is 5.26 Å². The monoisotopic (exact) mass is 413 g/mol. The number of hydrogen-bond acceptors (Lipinski definition) is 4. The van der Waals surface area contributed by atoms with E-state index in [1.165, 1.54) is 6.20 Å². The molecule has 1 aromatic carbocycles. The summed E-state index contributed by atoms with van der Waals surface area (Å²) < 4.78 is 1.61. The number of aromatic nitrogens is 2. The van der Waals surface area contributed by atoms with Crippen molar-refractivity contribution in [3.8, 4) is 18.4 Å². The second kappa shape index (κ2) is 10.8. The van der Waals surface area contributed by atoms with E-state index < -0.39 is 0 Å². The lowest BCUT2D eigenvalue weighted by Crippen LogP contribution is -2.33. The van der Waals surface area contributed by atoms with E-state index >= 15 is 0 Å². The minimum absolute atomic E-state index is 0.149. The molecular weight excluding hydrogens is 386 g/mol. The van der Waals surface area contributed by atoms with E-state index in [0.717, 1.165) is 30.4 Å². The lowest BCUT2D eigenvalue weighted by atomic mass is 9.99. The Bertz CT molecular complexity index is 1090. The summed E-state index contributed by atoms with van der Waals surface area (Å²) in [6.45, 7) is 13.1. The van der Waals surface area contributed by atoms with Crippen molar-refractivity contribution in [3.05, 3.63) is 66.1 Å². The number of benzene rings is 1. The van der Waals surface area contributed by atoms with Gasteiger partial charge in [-0.3, -0.25) is 9.36 Å². The Balaban J connectivity index is 2.27.